The van der Waals surface area contributed by atoms with Gasteiger partial charge in [0.2, 0.25) is 5.76 Å². The Balaban J connectivity index is 1.28. The lowest BCUT2D eigenvalue weighted by Crippen LogP contribution is -2.52. The van der Waals surface area contributed by atoms with Gasteiger partial charge in [-0.1, -0.05) is 6.92 Å². The van der Waals surface area contributed by atoms with Crippen molar-refractivity contribution < 1.29 is 28.3 Å². The maximum absolute atomic E-state index is 12.7. The molecule has 11 nitrogen and oxygen atoms in total. The zero-order valence-corrected chi connectivity index (χ0v) is 17.0. The minimum absolute atomic E-state index is 0.0692. The standard InChI is InChI=1S/C20H23N5O6/c1-13-5-7-20(8-6-13)18(28)25(19(29)22-20)23-16(26)12-30-17(27)15-4-3-14(31-15)11-24-10-2-9-21-24/h2-4,9-10,13H,5-8,11-12H2,1H3,(H,22,29)(H,23,26). The van der Waals surface area contributed by atoms with Gasteiger partial charge in [0, 0.05) is 12.4 Å². The zero-order chi connectivity index (χ0) is 22.0. The van der Waals surface area contributed by atoms with Crippen molar-refractivity contribution in [3.63, 3.8) is 0 Å². The average Bonchev–Trinajstić information content (AvgIpc) is 3.48. The van der Waals surface area contributed by atoms with Crippen LogP contribution in [0, 0.1) is 5.92 Å². The highest BCUT2D eigenvalue weighted by molar-refractivity contribution is 6.08. The van der Waals surface area contributed by atoms with Crippen molar-refractivity contribution in [1.82, 2.24) is 25.5 Å². The average molecular weight is 429 g/mol. The predicted molar refractivity (Wildman–Crippen MR) is 104 cm³/mol. The van der Waals surface area contributed by atoms with Crippen molar-refractivity contribution in [1.29, 1.82) is 0 Å². The maximum atomic E-state index is 12.7. The molecular weight excluding hydrogens is 406 g/mol. The van der Waals surface area contributed by atoms with Crippen LogP contribution in [0.25, 0.3) is 0 Å². The Morgan fingerprint density at radius 2 is 2.10 bits per heavy atom. The highest BCUT2D eigenvalue weighted by atomic mass is 16.5. The molecule has 2 aliphatic rings. The number of aromatic nitrogens is 2. The normalized spacial score (nSPS) is 23.1. The van der Waals surface area contributed by atoms with Gasteiger partial charge >= 0.3 is 12.0 Å². The van der Waals surface area contributed by atoms with Crippen molar-refractivity contribution in [2.24, 2.45) is 5.92 Å². The number of furan rings is 1. The molecule has 0 atom stereocenters. The first kappa shape index (κ1) is 20.6. The van der Waals surface area contributed by atoms with E-state index in [-0.39, 0.29) is 5.76 Å². The fourth-order valence-electron chi connectivity index (χ4n) is 3.80. The van der Waals surface area contributed by atoms with Crippen LogP contribution in [0.4, 0.5) is 4.79 Å². The van der Waals surface area contributed by atoms with Gasteiger partial charge in [0.25, 0.3) is 11.8 Å². The number of imide groups is 1. The van der Waals surface area contributed by atoms with Crippen molar-refractivity contribution in [3.05, 3.63) is 42.1 Å². The van der Waals surface area contributed by atoms with E-state index in [2.05, 4.69) is 22.8 Å². The second kappa shape index (κ2) is 8.25. The number of esters is 1. The molecule has 2 N–H and O–H groups in total. The topological polar surface area (TPSA) is 136 Å². The van der Waals surface area contributed by atoms with E-state index in [4.69, 9.17) is 9.15 Å². The summed E-state index contributed by atoms with van der Waals surface area (Å²) in [6.07, 6.45) is 6.06. The molecule has 11 heteroatoms. The summed E-state index contributed by atoms with van der Waals surface area (Å²) in [6.45, 7) is 1.77. The minimum Gasteiger partial charge on any atom is -0.452 e. The van der Waals surface area contributed by atoms with Gasteiger partial charge in [0.1, 0.15) is 11.3 Å². The quantitative estimate of drug-likeness (QED) is 0.520. The van der Waals surface area contributed by atoms with Crippen LogP contribution in [-0.4, -0.2) is 50.7 Å². The van der Waals surface area contributed by atoms with Crippen molar-refractivity contribution in [2.75, 3.05) is 6.61 Å². The van der Waals surface area contributed by atoms with Crippen LogP contribution >= 0.6 is 0 Å². The van der Waals surface area contributed by atoms with Gasteiger partial charge < -0.3 is 14.5 Å². The molecule has 0 aromatic carbocycles. The molecule has 4 rings (SSSR count). The molecule has 4 amide bonds. The van der Waals surface area contributed by atoms with Gasteiger partial charge in [-0.05, 0) is 49.8 Å². The van der Waals surface area contributed by atoms with E-state index >= 15 is 0 Å². The summed E-state index contributed by atoms with van der Waals surface area (Å²) >= 11 is 0. The molecule has 1 aliphatic heterocycles. The van der Waals surface area contributed by atoms with Crippen LogP contribution in [0.15, 0.2) is 35.0 Å². The second-order valence-corrected chi connectivity index (χ2v) is 7.92. The first-order chi connectivity index (χ1) is 14.9. The van der Waals surface area contributed by atoms with E-state index in [9.17, 15) is 19.2 Å². The molecule has 2 fully saturated rings. The largest absolute Gasteiger partial charge is 0.452 e. The lowest BCUT2D eigenvalue weighted by Gasteiger charge is -2.33. The molecule has 1 saturated carbocycles. The SMILES string of the molecule is CC1CCC2(CC1)NC(=O)N(NC(=O)COC(=O)c1ccc(Cn3cccn3)o1)C2=O. The molecule has 164 valence electrons. The molecule has 2 aromatic rings. The first-order valence-corrected chi connectivity index (χ1v) is 10.1. The summed E-state index contributed by atoms with van der Waals surface area (Å²) in [6, 6.07) is 4.12. The number of nitrogens with zero attached hydrogens (tertiary/aromatic N) is 3. The number of hydrogen-bond donors (Lipinski definition) is 2. The fraction of sp³-hybridized carbons (Fsp3) is 0.450. The Morgan fingerprint density at radius 3 is 2.81 bits per heavy atom. The van der Waals surface area contributed by atoms with Crippen LogP contribution in [0.3, 0.4) is 0 Å². The minimum atomic E-state index is -0.966. The lowest BCUT2D eigenvalue weighted by atomic mass is 9.77. The summed E-state index contributed by atoms with van der Waals surface area (Å²) in [7, 11) is 0. The summed E-state index contributed by atoms with van der Waals surface area (Å²) in [4.78, 5) is 49.2. The lowest BCUT2D eigenvalue weighted by molar-refractivity contribution is -0.141. The van der Waals surface area contributed by atoms with Crippen LogP contribution < -0.4 is 10.7 Å². The number of amides is 4. The first-order valence-electron chi connectivity index (χ1n) is 10.1. The Bertz CT molecular complexity index is 990. The molecule has 0 bridgehead atoms. The van der Waals surface area contributed by atoms with Gasteiger partial charge in [0.05, 0.1) is 6.54 Å². The molecule has 0 radical (unpaired) electrons. The molecule has 1 saturated heterocycles. The number of carbonyl (C=O) groups is 4. The zero-order valence-electron chi connectivity index (χ0n) is 17.0. The highest BCUT2D eigenvalue weighted by Crippen LogP contribution is 2.35. The van der Waals surface area contributed by atoms with Crippen LogP contribution in [0.1, 0.15) is 48.9 Å². The number of rotatable bonds is 6. The van der Waals surface area contributed by atoms with Crippen molar-refractivity contribution >= 4 is 23.8 Å². The Hall–Kier alpha value is -3.63. The second-order valence-electron chi connectivity index (χ2n) is 7.92. The van der Waals surface area contributed by atoms with E-state index in [0.29, 0.717) is 36.1 Å². The third-order valence-corrected chi connectivity index (χ3v) is 5.60. The monoisotopic (exact) mass is 429 g/mol. The summed E-state index contributed by atoms with van der Waals surface area (Å²) < 4.78 is 12.0. The Morgan fingerprint density at radius 1 is 1.32 bits per heavy atom. The number of ether oxygens (including phenoxy) is 1. The van der Waals surface area contributed by atoms with Gasteiger partial charge in [-0.25, -0.2) is 9.59 Å². The number of nitrogens with one attached hydrogen (secondary N) is 2. The van der Waals surface area contributed by atoms with Gasteiger partial charge in [0.15, 0.2) is 6.61 Å². The van der Waals surface area contributed by atoms with Gasteiger partial charge in [-0.2, -0.15) is 10.1 Å². The molecule has 0 unspecified atom stereocenters. The van der Waals surface area contributed by atoms with E-state index in [0.717, 1.165) is 12.8 Å². The van der Waals surface area contributed by atoms with Gasteiger partial charge in [-0.15, -0.1) is 0 Å². The number of hydrazine groups is 1. The molecule has 1 spiro atoms. The number of urea groups is 1. The van der Waals surface area contributed by atoms with Crippen LogP contribution in [0.5, 0.6) is 0 Å². The molecular formula is C20H23N5O6. The highest BCUT2D eigenvalue weighted by Gasteiger charge is 2.52. The third kappa shape index (κ3) is 4.30. The van der Waals surface area contributed by atoms with Crippen molar-refractivity contribution in [2.45, 2.75) is 44.7 Å². The maximum Gasteiger partial charge on any atom is 0.374 e. The van der Waals surface area contributed by atoms with Crippen LogP contribution in [0.2, 0.25) is 0 Å². The van der Waals surface area contributed by atoms with Crippen LogP contribution in [-0.2, 0) is 20.9 Å². The van der Waals surface area contributed by atoms with E-state index in [1.54, 1.807) is 29.2 Å². The fourth-order valence-corrected chi connectivity index (χ4v) is 3.80. The molecule has 2 aromatic heterocycles. The van der Waals surface area contributed by atoms with E-state index in [1.165, 1.54) is 6.07 Å². The molecule has 3 heterocycles. The smallest absolute Gasteiger partial charge is 0.374 e. The summed E-state index contributed by atoms with van der Waals surface area (Å²) in [5, 5.41) is 7.41. The number of carbonyl (C=O) groups excluding carboxylic acids is 4. The van der Waals surface area contributed by atoms with Gasteiger partial charge in [-0.3, -0.25) is 19.7 Å². The van der Waals surface area contributed by atoms with Crippen molar-refractivity contribution in [3.8, 4) is 0 Å². The third-order valence-electron chi connectivity index (χ3n) is 5.60. The molecule has 31 heavy (non-hydrogen) atoms. The van der Waals surface area contributed by atoms with E-state index in [1.807, 2.05) is 0 Å². The Kier molecular flexibility index (Phi) is 5.49. The molecule has 1 aliphatic carbocycles. The summed E-state index contributed by atoms with van der Waals surface area (Å²) in [5.74, 6) is -1.22. The Labute approximate surface area is 177 Å². The number of hydrogen-bond acceptors (Lipinski definition) is 7. The summed E-state index contributed by atoms with van der Waals surface area (Å²) in [5.41, 5.74) is 1.25. The predicted octanol–water partition coefficient (Wildman–Crippen LogP) is 1.21. The van der Waals surface area contributed by atoms with E-state index < -0.39 is 36.0 Å².